The number of rotatable bonds is 6. The summed E-state index contributed by atoms with van der Waals surface area (Å²) in [5.41, 5.74) is -0.734. The van der Waals surface area contributed by atoms with Gasteiger partial charge in [-0.25, -0.2) is 0 Å². The lowest BCUT2D eigenvalue weighted by atomic mass is 9.55. The Morgan fingerprint density at radius 3 is 2.74 bits per heavy atom. The lowest BCUT2D eigenvalue weighted by molar-refractivity contribution is -0.168. The van der Waals surface area contributed by atoms with E-state index in [1.54, 1.807) is 6.92 Å². The molecule has 0 N–H and O–H groups in total. The van der Waals surface area contributed by atoms with Gasteiger partial charge in [0.25, 0.3) is 0 Å². The van der Waals surface area contributed by atoms with Gasteiger partial charge in [-0.1, -0.05) is 17.7 Å². The van der Waals surface area contributed by atoms with Crippen LogP contribution >= 0.6 is 0 Å². The fourth-order valence-electron chi connectivity index (χ4n) is 3.66. The van der Waals surface area contributed by atoms with E-state index in [1.165, 1.54) is 20.3 Å². The Morgan fingerprint density at radius 1 is 1.35 bits per heavy atom. The molecule has 126 valence electrons. The van der Waals surface area contributed by atoms with Crippen molar-refractivity contribution in [2.45, 2.75) is 19.8 Å². The topological polar surface area (TPSA) is 78.9 Å². The van der Waals surface area contributed by atoms with Crippen LogP contribution in [0.3, 0.4) is 0 Å². The number of fused-ring (bicyclic) bond motifs is 1. The fourth-order valence-corrected chi connectivity index (χ4v) is 3.66. The number of methoxy groups -OCH3 is 2. The number of hydrogen-bond acceptors (Lipinski definition) is 6. The van der Waals surface area contributed by atoms with E-state index >= 15 is 0 Å². The summed E-state index contributed by atoms with van der Waals surface area (Å²) in [6.45, 7) is 2.24. The van der Waals surface area contributed by atoms with Crippen molar-refractivity contribution in [1.82, 2.24) is 0 Å². The van der Waals surface area contributed by atoms with Crippen LogP contribution in [0.15, 0.2) is 23.8 Å². The minimum absolute atomic E-state index is 0.136. The quantitative estimate of drug-likeness (QED) is 0.184. The molecule has 0 saturated carbocycles. The molecule has 0 saturated heterocycles. The summed E-state index contributed by atoms with van der Waals surface area (Å²) in [7, 11) is 2.76. The predicted octanol–water partition coefficient (Wildman–Crippen LogP) is 1.45. The normalized spacial score (nSPS) is 30.0. The molecule has 0 aromatic carbocycles. The maximum atomic E-state index is 12.7. The van der Waals surface area contributed by atoms with Crippen LogP contribution in [0, 0.1) is 17.3 Å². The maximum absolute atomic E-state index is 12.7. The van der Waals surface area contributed by atoms with Gasteiger partial charge in [-0.2, -0.15) is 0 Å². The largest absolute Gasteiger partial charge is 0.468 e. The number of ketones is 2. The van der Waals surface area contributed by atoms with Gasteiger partial charge in [0.1, 0.15) is 12.2 Å². The highest BCUT2D eigenvalue weighted by atomic mass is 16.7. The Balaban J connectivity index is 2.41. The smallest absolute Gasteiger partial charge is 0.321 e. The first-order chi connectivity index (χ1) is 11.0. The number of carbonyl (C=O) groups excluding carboxylic acids is 3. The van der Waals surface area contributed by atoms with E-state index in [0.717, 1.165) is 5.57 Å². The molecule has 1 unspecified atom stereocenters. The molecule has 6 heteroatoms. The third-order valence-electron chi connectivity index (χ3n) is 4.68. The molecule has 0 aromatic rings. The average molecular weight is 322 g/mol. The van der Waals surface area contributed by atoms with E-state index in [4.69, 9.17) is 14.2 Å². The molecule has 2 aliphatic carbocycles. The van der Waals surface area contributed by atoms with E-state index < -0.39 is 28.9 Å². The summed E-state index contributed by atoms with van der Waals surface area (Å²) >= 11 is 0. The first-order valence-electron chi connectivity index (χ1n) is 7.58. The molecule has 0 aromatic heterocycles. The molecule has 0 aliphatic heterocycles. The standard InChI is InChI=1S/C17H22O6/c1-11-9-14(18)15(19)17(16(20)22-3)12(5-4-6-13(11)17)7-8-23-10-21-2/h4-5,9,12-13H,6-8,10H2,1-3H3/t12-,13?,17-/m1/s1. The van der Waals surface area contributed by atoms with Gasteiger partial charge in [0, 0.05) is 18.9 Å². The summed E-state index contributed by atoms with van der Waals surface area (Å²) in [4.78, 5) is 37.4. The van der Waals surface area contributed by atoms with E-state index in [0.29, 0.717) is 19.4 Å². The third kappa shape index (κ3) is 2.88. The van der Waals surface area contributed by atoms with Crippen LogP contribution in [0.4, 0.5) is 0 Å². The van der Waals surface area contributed by atoms with Crippen molar-refractivity contribution in [3.8, 4) is 0 Å². The van der Waals surface area contributed by atoms with Crippen molar-refractivity contribution in [2.75, 3.05) is 27.6 Å². The van der Waals surface area contributed by atoms with Gasteiger partial charge in [0.2, 0.25) is 11.6 Å². The van der Waals surface area contributed by atoms with Gasteiger partial charge in [0.05, 0.1) is 13.7 Å². The molecule has 0 bridgehead atoms. The zero-order chi connectivity index (χ0) is 17.0. The van der Waals surface area contributed by atoms with Crippen molar-refractivity contribution >= 4 is 17.5 Å². The molecule has 0 spiro atoms. The zero-order valence-corrected chi connectivity index (χ0v) is 13.7. The lowest BCUT2D eigenvalue weighted by Crippen LogP contribution is -2.57. The lowest BCUT2D eigenvalue weighted by Gasteiger charge is -2.45. The molecular formula is C17H22O6. The summed E-state index contributed by atoms with van der Waals surface area (Å²) in [6, 6.07) is 0. The Bertz CT molecular complexity index is 561. The first kappa shape index (κ1) is 17.6. The number of esters is 1. The molecular weight excluding hydrogens is 300 g/mol. The van der Waals surface area contributed by atoms with Gasteiger partial charge in [0.15, 0.2) is 0 Å². The third-order valence-corrected chi connectivity index (χ3v) is 4.68. The molecule has 0 fully saturated rings. The highest BCUT2D eigenvalue weighted by Gasteiger charge is 2.61. The van der Waals surface area contributed by atoms with Crippen molar-refractivity contribution in [3.63, 3.8) is 0 Å². The van der Waals surface area contributed by atoms with Crippen LogP contribution in [-0.2, 0) is 28.6 Å². The minimum Gasteiger partial charge on any atom is -0.468 e. The maximum Gasteiger partial charge on any atom is 0.321 e. The van der Waals surface area contributed by atoms with Gasteiger partial charge in [-0.05, 0) is 25.8 Å². The molecule has 2 rings (SSSR count). The molecule has 3 atom stereocenters. The molecule has 0 radical (unpaired) electrons. The van der Waals surface area contributed by atoms with E-state index in [2.05, 4.69) is 0 Å². The van der Waals surface area contributed by atoms with Crippen molar-refractivity contribution in [2.24, 2.45) is 17.3 Å². The molecule has 23 heavy (non-hydrogen) atoms. The van der Waals surface area contributed by atoms with Gasteiger partial charge in [-0.3, -0.25) is 14.4 Å². The van der Waals surface area contributed by atoms with Crippen molar-refractivity contribution in [1.29, 1.82) is 0 Å². The Morgan fingerprint density at radius 2 is 2.09 bits per heavy atom. The summed E-state index contributed by atoms with van der Waals surface area (Å²) in [5, 5.41) is 0. The van der Waals surface area contributed by atoms with Crippen molar-refractivity contribution < 1.29 is 28.6 Å². The van der Waals surface area contributed by atoms with Crippen LogP contribution in [-0.4, -0.2) is 45.2 Å². The Hall–Kier alpha value is -1.79. The Labute approximate surface area is 135 Å². The van der Waals surface area contributed by atoms with E-state index in [-0.39, 0.29) is 12.7 Å². The van der Waals surface area contributed by atoms with Crippen LogP contribution in [0.1, 0.15) is 19.8 Å². The molecule has 2 aliphatic rings. The second-order valence-corrected chi connectivity index (χ2v) is 5.87. The van der Waals surface area contributed by atoms with Gasteiger partial charge >= 0.3 is 5.97 Å². The SMILES string of the molecule is COCOCC[C@H]1C=CCC2C(C)=CC(=O)C(=O)[C@]21C(=O)OC. The highest BCUT2D eigenvalue weighted by Crippen LogP contribution is 2.51. The first-order valence-corrected chi connectivity index (χ1v) is 7.58. The molecule has 0 heterocycles. The highest BCUT2D eigenvalue weighted by molar-refractivity contribution is 6.47. The summed E-state index contributed by atoms with van der Waals surface area (Å²) in [5.74, 6) is -2.75. The second-order valence-electron chi connectivity index (χ2n) is 5.87. The number of carbonyl (C=O) groups is 3. The van der Waals surface area contributed by atoms with Crippen LogP contribution in [0.25, 0.3) is 0 Å². The second kappa shape index (κ2) is 7.19. The monoisotopic (exact) mass is 322 g/mol. The minimum atomic E-state index is -1.48. The Kier molecular flexibility index (Phi) is 5.49. The zero-order valence-electron chi connectivity index (χ0n) is 13.7. The summed E-state index contributed by atoms with van der Waals surface area (Å²) in [6.07, 6.45) is 6.08. The average Bonchev–Trinajstić information content (AvgIpc) is 2.55. The summed E-state index contributed by atoms with van der Waals surface area (Å²) < 4.78 is 15.1. The van der Waals surface area contributed by atoms with Gasteiger partial charge in [-0.15, -0.1) is 0 Å². The van der Waals surface area contributed by atoms with Crippen molar-refractivity contribution in [3.05, 3.63) is 23.8 Å². The van der Waals surface area contributed by atoms with E-state index in [9.17, 15) is 14.4 Å². The molecule has 0 amide bonds. The van der Waals surface area contributed by atoms with Crippen LogP contribution < -0.4 is 0 Å². The van der Waals surface area contributed by atoms with Gasteiger partial charge < -0.3 is 14.2 Å². The molecule has 6 nitrogen and oxygen atoms in total. The van der Waals surface area contributed by atoms with Crippen LogP contribution in [0.5, 0.6) is 0 Å². The number of ether oxygens (including phenoxy) is 3. The number of allylic oxidation sites excluding steroid dienone is 4. The fraction of sp³-hybridized carbons (Fsp3) is 0.588. The number of Topliss-reactive ketones (excluding diaryl/α,β-unsaturated/α-hetero) is 1. The number of hydrogen-bond donors (Lipinski definition) is 0. The predicted molar refractivity (Wildman–Crippen MR) is 81.4 cm³/mol. The van der Waals surface area contributed by atoms with E-state index in [1.807, 2.05) is 12.2 Å². The van der Waals surface area contributed by atoms with Crippen LogP contribution in [0.2, 0.25) is 0 Å².